The molecule has 0 radical (unpaired) electrons. The zero-order chi connectivity index (χ0) is 21.2. The average Bonchev–Trinajstić information content (AvgIpc) is 2.78. The number of rotatable bonds is 10. The molecule has 1 aliphatic carbocycles. The van der Waals surface area contributed by atoms with Crippen LogP contribution in [0, 0.1) is 23.2 Å². The highest BCUT2D eigenvalue weighted by Gasteiger charge is 2.22. The summed E-state index contributed by atoms with van der Waals surface area (Å²) in [6.45, 7) is 2.29. The Morgan fingerprint density at radius 3 is 2.30 bits per heavy atom. The van der Waals surface area contributed by atoms with Gasteiger partial charge in [-0.25, -0.2) is 0 Å². The molecular formula is C26H36ClN3. The molecule has 0 N–H and O–H groups in total. The van der Waals surface area contributed by atoms with Crippen molar-refractivity contribution < 1.29 is 0 Å². The Bertz CT molecular complexity index is 739. The summed E-state index contributed by atoms with van der Waals surface area (Å²) >= 11 is 6.48. The van der Waals surface area contributed by atoms with Crippen LogP contribution in [0.2, 0.25) is 0 Å². The second-order valence-electron chi connectivity index (χ2n) is 9.06. The van der Waals surface area contributed by atoms with Gasteiger partial charge in [-0.05, 0) is 47.9 Å². The van der Waals surface area contributed by atoms with Crippen LogP contribution in [0.4, 0.5) is 0 Å². The molecule has 1 atom stereocenters. The van der Waals surface area contributed by atoms with Crippen LogP contribution in [-0.4, -0.2) is 10.6 Å². The number of nitrogens with zero attached hydrogens (tertiary/aromatic N) is 3. The van der Waals surface area contributed by atoms with Crippen LogP contribution in [0.3, 0.4) is 0 Å². The minimum atomic E-state index is -0.212. The van der Waals surface area contributed by atoms with Gasteiger partial charge in [0.2, 0.25) is 0 Å². The third-order valence-electron chi connectivity index (χ3n) is 6.77. The van der Waals surface area contributed by atoms with Crippen molar-refractivity contribution in [2.75, 3.05) is 0 Å². The summed E-state index contributed by atoms with van der Waals surface area (Å²) in [6, 6.07) is 9.63. The van der Waals surface area contributed by atoms with E-state index in [1.54, 1.807) is 4.42 Å². The summed E-state index contributed by atoms with van der Waals surface area (Å²) in [5.74, 6) is 1.83. The predicted molar refractivity (Wildman–Crippen MR) is 126 cm³/mol. The molecule has 1 aromatic rings. The highest BCUT2D eigenvalue weighted by molar-refractivity contribution is 6.14. The maximum absolute atomic E-state index is 8.95. The van der Waals surface area contributed by atoms with E-state index >= 15 is 0 Å². The molecule has 0 amide bonds. The second kappa shape index (κ2) is 12.2. The van der Waals surface area contributed by atoms with Crippen LogP contribution < -0.4 is 0 Å². The Hall–Kier alpha value is -1.79. The van der Waals surface area contributed by atoms with Crippen molar-refractivity contribution in [1.82, 2.24) is 4.42 Å². The van der Waals surface area contributed by atoms with Crippen molar-refractivity contribution in [3.05, 3.63) is 47.2 Å². The van der Waals surface area contributed by atoms with Gasteiger partial charge in [-0.3, -0.25) is 9.41 Å². The van der Waals surface area contributed by atoms with E-state index in [2.05, 4.69) is 18.0 Å². The molecule has 30 heavy (non-hydrogen) atoms. The molecule has 1 unspecified atom stereocenters. The summed E-state index contributed by atoms with van der Waals surface area (Å²) < 4.78 is 1.67. The normalized spacial score (nSPS) is 23.8. The van der Waals surface area contributed by atoms with Gasteiger partial charge >= 0.3 is 0 Å². The summed E-state index contributed by atoms with van der Waals surface area (Å²) in [4.78, 5) is 4.67. The molecule has 4 heteroatoms. The standard InChI is InChI=1S/C26H36ClN3/c1-2-3-4-5-6-7-21-8-10-22(11-9-21)12-13-24-19-29-26(30(27)20-24)25-16-14-23(18-28)15-17-25/h14-17,19-22,26H,2-13H2,1H3. The molecule has 3 rings (SSSR count). The van der Waals surface area contributed by atoms with Gasteiger partial charge in [-0.2, -0.15) is 5.26 Å². The monoisotopic (exact) mass is 425 g/mol. The summed E-state index contributed by atoms with van der Waals surface area (Å²) in [5, 5.41) is 8.95. The molecule has 0 aromatic heterocycles. The fourth-order valence-corrected chi connectivity index (χ4v) is 5.08. The first kappa shape index (κ1) is 22.9. The number of hydrogen-bond acceptors (Lipinski definition) is 3. The van der Waals surface area contributed by atoms with E-state index in [1.807, 2.05) is 36.7 Å². The van der Waals surface area contributed by atoms with Gasteiger partial charge < -0.3 is 0 Å². The summed E-state index contributed by atoms with van der Waals surface area (Å²) in [6.07, 6.45) is 20.2. The smallest absolute Gasteiger partial charge is 0.161 e. The lowest BCUT2D eigenvalue weighted by molar-refractivity contribution is 0.249. The number of unbranched alkanes of at least 4 members (excludes halogenated alkanes) is 4. The van der Waals surface area contributed by atoms with Crippen molar-refractivity contribution in [3.63, 3.8) is 0 Å². The van der Waals surface area contributed by atoms with Gasteiger partial charge in [0.15, 0.2) is 6.17 Å². The molecule has 1 fully saturated rings. The lowest BCUT2D eigenvalue weighted by Crippen LogP contribution is -2.18. The molecule has 1 aliphatic heterocycles. The first-order chi connectivity index (χ1) is 14.7. The molecule has 0 bridgehead atoms. The third kappa shape index (κ3) is 6.88. The topological polar surface area (TPSA) is 39.4 Å². The Morgan fingerprint density at radius 2 is 1.67 bits per heavy atom. The fraction of sp³-hybridized carbons (Fsp3) is 0.615. The predicted octanol–water partition coefficient (Wildman–Crippen LogP) is 7.93. The number of hydrogen-bond donors (Lipinski definition) is 0. The van der Waals surface area contributed by atoms with Gasteiger partial charge in [0.1, 0.15) is 0 Å². The van der Waals surface area contributed by atoms with Crippen LogP contribution in [-0.2, 0) is 0 Å². The third-order valence-corrected chi connectivity index (χ3v) is 7.05. The molecule has 1 saturated carbocycles. The Kier molecular flexibility index (Phi) is 9.27. The molecule has 1 heterocycles. The average molecular weight is 426 g/mol. The second-order valence-corrected chi connectivity index (χ2v) is 9.45. The van der Waals surface area contributed by atoms with Crippen molar-refractivity contribution >= 4 is 18.0 Å². The SMILES string of the molecule is CCCCCCCC1CCC(CCC2=CN(Cl)C(c3ccc(C#N)cc3)N=C2)CC1. The van der Waals surface area contributed by atoms with E-state index in [4.69, 9.17) is 17.0 Å². The minimum absolute atomic E-state index is 0.212. The van der Waals surface area contributed by atoms with Crippen LogP contribution in [0.15, 0.2) is 41.0 Å². The Balaban J connectivity index is 1.37. The maximum Gasteiger partial charge on any atom is 0.161 e. The molecular weight excluding hydrogens is 390 g/mol. The van der Waals surface area contributed by atoms with Crippen LogP contribution in [0.25, 0.3) is 0 Å². The van der Waals surface area contributed by atoms with Gasteiger partial charge in [0, 0.05) is 24.2 Å². The minimum Gasteiger partial charge on any atom is -0.264 e. The molecule has 3 nitrogen and oxygen atoms in total. The van der Waals surface area contributed by atoms with Crippen molar-refractivity contribution in [1.29, 1.82) is 5.26 Å². The lowest BCUT2D eigenvalue weighted by atomic mass is 9.77. The largest absolute Gasteiger partial charge is 0.264 e. The molecule has 162 valence electrons. The zero-order valence-electron chi connectivity index (χ0n) is 18.4. The van der Waals surface area contributed by atoms with E-state index < -0.39 is 0 Å². The van der Waals surface area contributed by atoms with Crippen molar-refractivity contribution in [2.24, 2.45) is 16.8 Å². The number of halogens is 1. The number of allylic oxidation sites excluding steroid dienone is 1. The zero-order valence-corrected chi connectivity index (χ0v) is 19.2. The van der Waals surface area contributed by atoms with E-state index in [0.29, 0.717) is 5.56 Å². The highest BCUT2D eigenvalue weighted by Crippen LogP contribution is 2.36. The Morgan fingerprint density at radius 1 is 1.00 bits per heavy atom. The summed E-state index contributed by atoms with van der Waals surface area (Å²) in [7, 11) is 0. The van der Waals surface area contributed by atoms with E-state index in [-0.39, 0.29) is 6.17 Å². The molecule has 1 aromatic carbocycles. The van der Waals surface area contributed by atoms with Gasteiger partial charge in [0.25, 0.3) is 0 Å². The number of nitriles is 1. The Labute approximate surface area is 187 Å². The number of benzene rings is 1. The first-order valence-corrected chi connectivity index (χ1v) is 12.2. The highest BCUT2D eigenvalue weighted by atomic mass is 35.5. The van der Waals surface area contributed by atoms with Crippen LogP contribution in [0.5, 0.6) is 0 Å². The van der Waals surface area contributed by atoms with Gasteiger partial charge in [-0.15, -0.1) is 0 Å². The fourth-order valence-electron chi connectivity index (χ4n) is 4.80. The van der Waals surface area contributed by atoms with Crippen molar-refractivity contribution in [2.45, 2.75) is 90.1 Å². The summed E-state index contributed by atoms with van der Waals surface area (Å²) in [5.41, 5.74) is 2.87. The molecule has 2 aliphatic rings. The van der Waals surface area contributed by atoms with Gasteiger partial charge in [0.05, 0.1) is 11.6 Å². The first-order valence-electron chi connectivity index (χ1n) is 11.9. The van der Waals surface area contributed by atoms with Crippen LogP contribution >= 0.6 is 11.8 Å². The molecule has 0 saturated heterocycles. The van der Waals surface area contributed by atoms with Crippen LogP contribution in [0.1, 0.15) is 101 Å². The maximum atomic E-state index is 8.95. The number of aliphatic imine (C=N–C) groups is 1. The lowest BCUT2D eigenvalue weighted by Gasteiger charge is -2.29. The van der Waals surface area contributed by atoms with Gasteiger partial charge in [-0.1, -0.05) is 83.3 Å². The quantitative estimate of drug-likeness (QED) is 0.282. The van der Waals surface area contributed by atoms with E-state index in [1.165, 1.54) is 76.2 Å². The van der Waals surface area contributed by atoms with E-state index in [9.17, 15) is 0 Å². The van der Waals surface area contributed by atoms with Crippen molar-refractivity contribution in [3.8, 4) is 6.07 Å². The molecule has 0 spiro atoms. The van der Waals surface area contributed by atoms with E-state index in [0.717, 1.165) is 23.8 Å².